The van der Waals surface area contributed by atoms with Gasteiger partial charge in [-0.2, -0.15) is 5.26 Å². The van der Waals surface area contributed by atoms with Gasteiger partial charge in [-0.3, -0.25) is 0 Å². The summed E-state index contributed by atoms with van der Waals surface area (Å²) in [6.45, 7) is 10.5. The van der Waals surface area contributed by atoms with Crippen molar-refractivity contribution in [1.82, 2.24) is 9.97 Å². The molecule has 1 fully saturated rings. The van der Waals surface area contributed by atoms with Gasteiger partial charge in [0.2, 0.25) is 0 Å². The molecule has 0 saturated carbocycles. The second-order valence-corrected chi connectivity index (χ2v) is 9.62. The van der Waals surface area contributed by atoms with Crippen LogP contribution in [0, 0.1) is 38.0 Å². The second-order valence-electron chi connectivity index (χ2n) is 8.70. The van der Waals surface area contributed by atoms with Crippen LogP contribution in [0.3, 0.4) is 0 Å². The van der Waals surface area contributed by atoms with Crippen molar-refractivity contribution in [2.75, 3.05) is 29.9 Å². The van der Waals surface area contributed by atoms with Crippen LogP contribution in [0.2, 0.25) is 0 Å². The van der Waals surface area contributed by atoms with Gasteiger partial charge in [-0.05, 0) is 75.6 Å². The van der Waals surface area contributed by atoms with Crippen LogP contribution in [0.1, 0.15) is 61.5 Å². The summed E-state index contributed by atoms with van der Waals surface area (Å²) in [5.41, 5.74) is 4.85. The molecule has 1 aromatic heterocycles. The molecule has 3 rings (SSSR count). The molecule has 1 aliphatic heterocycles. The van der Waals surface area contributed by atoms with Crippen LogP contribution in [-0.2, 0) is 6.42 Å². The normalized spacial score (nSPS) is 16.7. The number of aromatic nitrogens is 2. The molecule has 31 heavy (non-hydrogen) atoms. The van der Waals surface area contributed by atoms with Gasteiger partial charge in [0.1, 0.15) is 17.5 Å². The van der Waals surface area contributed by atoms with Crippen molar-refractivity contribution < 1.29 is 0 Å². The first-order valence-electron chi connectivity index (χ1n) is 11.4. The average Bonchev–Trinajstić information content (AvgIpc) is 2.96. The number of nitrogens with zero attached hydrogens (tertiary/aromatic N) is 5. The van der Waals surface area contributed by atoms with Crippen LogP contribution in [0.15, 0.2) is 16.6 Å². The van der Waals surface area contributed by atoms with E-state index < -0.39 is 0 Å². The van der Waals surface area contributed by atoms with Crippen LogP contribution >= 0.6 is 15.9 Å². The van der Waals surface area contributed by atoms with Gasteiger partial charge >= 0.3 is 0 Å². The Kier molecular flexibility index (Phi) is 7.94. The quantitative estimate of drug-likeness (QED) is 0.475. The van der Waals surface area contributed by atoms with Gasteiger partial charge in [-0.1, -0.05) is 29.3 Å². The molecule has 0 amide bonds. The van der Waals surface area contributed by atoms with Crippen LogP contribution < -0.4 is 9.80 Å². The van der Waals surface area contributed by atoms with E-state index in [1.165, 1.54) is 41.6 Å². The van der Waals surface area contributed by atoms with Gasteiger partial charge in [0.15, 0.2) is 0 Å². The Balaban J connectivity index is 2.04. The maximum Gasteiger partial charge on any atom is 0.141 e. The fourth-order valence-electron chi connectivity index (χ4n) is 4.89. The first-order chi connectivity index (χ1) is 14.8. The number of hydrogen-bond acceptors (Lipinski definition) is 5. The van der Waals surface area contributed by atoms with Crippen molar-refractivity contribution in [1.29, 1.82) is 5.26 Å². The number of anilines is 3. The van der Waals surface area contributed by atoms with Gasteiger partial charge in [-0.25, -0.2) is 9.97 Å². The molecule has 166 valence electrons. The van der Waals surface area contributed by atoms with Crippen molar-refractivity contribution in [3.63, 3.8) is 0 Å². The van der Waals surface area contributed by atoms with E-state index in [1.54, 1.807) is 0 Å². The molecule has 1 aliphatic rings. The van der Waals surface area contributed by atoms with Crippen LogP contribution in [0.4, 0.5) is 17.3 Å². The summed E-state index contributed by atoms with van der Waals surface area (Å²) in [5, 5.41) is 9.04. The van der Waals surface area contributed by atoms with E-state index in [9.17, 15) is 0 Å². The molecule has 0 spiro atoms. The van der Waals surface area contributed by atoms with Crippen molar-refractivity contribution >= 4 is 33.3 Å². The fourth-order valence-corrected chi connectivity index (χ4v) is 5.57. The first kappa shape index (κ1) is 23.5. The number of nitriles is 1. The van der Waals surface area contributed by atoms with Crippen LogP contribution in [-0.4, -0.2) is 30.1 Å². The summed E-state index contributed by atoms with van der Waals surface area (Å²) >= 11 is 3.62. The summed E-state index contributed by atoms with van der Waals surface area (Å²) in [6, 6.07) is 6.65. The molecule has 2 aromatic rings. The first-order valence-corrected chi connectivity index (χ1v) is 12.1. The third-order valence-electron chi connectivity index (χ3n) is 6.27. The molecule has 2 heterocycles. The molecule has 0 N–H and O–H groups in total. The van der Waals surface area contributed by atoms with Crippen LogP contribution in [0.5, 0.6) is 0 Å². The third-order valence-corrected chi connectivity index (χ3v) is 6.73. The predicted molar refractivity (Wildman–Crippen MR) is 132 cm³/mol. The Bertz CT molecular complexity index is 942. The zero-order chi connectivity index (χ0) is 22.5. The molecule has 5 nitrogen and oxygen atoms in total. The lowest BCUT2D eigenvalue weighted by Gasteiger charge is -2.31. The number of rotatable bonds is 6. The monoisotopic (exact) mass is 483 g/mol. The average molecular weight is 484 g/mol. The molecular weight excluding hydrogens is 450 g/mol. The Morgan fingerprint density at radius 3 is 2.55 bits per heavy atom. The van der Waals surface area contributed by atoms with E-state index in [4.69, 9.17) is 15.2 Å². The Hall–Kier alpha value is -2.13. The lowest BCUT2D eigenvalue weighted by atomic mass is 9.98. The van der Waals surface area contributed by atoms with Gasteiger partial charge in [-0.15, -0.1) is 0 Å². The standard InChI is InChI=1S/C25H34BrN5/c1-6-22-24(30(5)23-17(2)14-21(26)15-18(23)3)28-19(4)29-25(22)31-13-8-7-10-20(16-31)11-9-12-27/h14-15,20H,6-11,13,16H2,1-5H3. The van der Waals surface area contributed by atoms with E-state index >= 15 is 0 Å². The molecule has 0 radical (unpaired) electrons. The summed E-state index contributed by atoms with van der Waals surface area (Å²) in [4.78, 5) is 14.5. The van der Waals surface area contributed by atoms with Gasteiger partial charge in [0.05, 0.1) is 6.07 Å². The van der Waals surface area contributed by atoms with E-state index in [1.807, 2.05) is 6.92 Å². The number of halogens is 1. The molecule has 0 aliphatic carbocycles. The highest BCUT2D eigenvalue weighted by Gasteiger charge is 2.25. The number of benzene rings is 1. The zero-order valence-electron chi connectivity index (χ0n) is 19.5. The van der Waals surface area contributed by atoms with Crippen molar-refractivity contribution in [2.45, 2.75) is 66.2 Å². The second kappa shape index (κ2) is 10.5. The fraction of sp³-hybridized carbons (Fsp3) is 0.560. The van der Waals surface area contributed by atoms with Crippen molar-refractivity contribution in [3.8, 4) is 6.07 Å². The Labute approximate surface area is 195 Å². The molecule has 0 bridgehead atoms. The van der Waals surface area contributed by atoms with E-state index in [-0.39, 0.29) is 0 Å². The van der Waals surface area contributed by atoms with Gasteiger partial charge in [0, 0.05) is 42.3 Å². The molecule has 1 unspecified atom stereocenters. The highest BCUT2D eigenvalue weighted by atomic mass is 79.9. The third kappa shape index (κ3) is 5.38. The highest BCUT2D eigenvalue weighted by Crippen LogP contribution is 2.37. The van der Waals surface area contributed by atoms with Gasteiger partial charge < -0.3 is 9.80 Å². The lowest BCUT2D eigenvalue weighted by molar-refractivity contribution is 0.466. The molecule has 1 aromatic carbocycles. The topological polar surface area (TPSA) is 56.1 Å². The smallest absolute Gasteiger partial charge is 0.141 e. The SMILES string of the molecule is CCc1c(N2CCCCC(CCC#N)C2)nc(C)nc1N(C)c1c(C)cc(Br)cc1C. The highest BCUT2D eigenvalue weighted by molar-refractivity contribution is 9.10. The molecule has 1 saturated heterocycles. The minimum absolute atomic E-state index is 0.555. The number of hydrogen-bond donors (Lipinski definition) is 0. The zero-order valence-corrected chi connectivity index (χ0v) is 21.1. The summed E-state index contributed by atoms with van der Waals surface area (Å²) in [5.74, 6) is 3.43. The summed E-state index contributed by atoms with van der Waals surface area (Å²) in [7, 11) is 2.12. The van der Waals surface area contributed by atoms with Crippen molar-refractivity contribution in [2.24, 2.45) is 5.92 Å². The van der Waals surface area contributed by atoms with E-state index in [0.29, 0.717) is 12.3 Å². The minimum atomic E-state index is 0.555. The lowest BCUT2D eigenvalue weighted by Crippen LogP contribution is -2.31. The largest absolute Gasteiger partial charge is 0.356 e. The Morgan fingerprint density at radius 1 is 1.19 bits per heavy atom. The minimum Gasteiger partial charge on any atom is -0.356 e. The van der Waals surface area contributed by atoms with Gasteiger partial charge in [0.25, 0.3) is 0 Å². The van der Waals surface area contributed by atoms with Crippen LogP contribution in [0.25, 0.3) is 0 Å². The summed E-state index contributed by atoms with van der Waals surface area (Å²) < 4.78 is 1.10. The van der Waals surface area contributed by atoms with E-state index in [2.05, 4.69) is 71.8 Å². The summed E-state index contributed by atoms with van der Waals surface area (Å²) in [6.07, 6.45) is 6.09. The molecular formula is C25H34BrN5. The van der Waals surface area contributed by atoms with Crippen molar-refractivity contribution in [3.05, 3.63) is 39.1 Å². The molecule has 6 heteroatoms. The number of aryl methyl sites for hydroxylation is 3. The maximum absolute atomic E-state index is 9.04. The maximum atomic E-state index is 9.04. The Morgan fingerprint density at radius 2 is 1.90 bits per heavy atom. The predicted octanol–water partition coefficient (Wildman–Crippen LogP) is 6.40. The molecule has 1 atom stereocenters. The van der Waals surface area contributed by atoms with E-state index in [0.717, 1.165) is 47.9 Å².